The zero-order valence-electron chi connectivity index (χ0n) is 30.6. The van der Waals surface area contributed by atoms with E-state index in [1.54, 1.807) is 6.92 Å². The Morgan fingerprint density at radius 2 is 1.28 bits per heavy atom. The van der Waals surface area contributed by atoms with Crippen LogP contribution in [-0.4, -0.2) is 175 Å². The third-order valence-electron chi connectivity index (χ3n) is 7.32. The number of hydrogen-bond acceptors (Lipinski definition) is 17. The largest absolute Gasteiger partial charge is 0.463 e. The Morgan fingerprint density at radius 1 is 0.820 bits per heavy atom. The highest BCUT2D eigenvalue weighted by Crippen LogP contribution is 2.32. The van der Waals surface area contributed by atoms with Gasteiger partial charge in [0, 0.05) is 34.8 Å². The van der Waals surface area contributed by atoms with E-state index >= 15 is 0 Å². The molecule has 1 aliphatic heterocycles. The van der Waals surface area contributed by atoms with Crippen LogP contribution in [0.1, 0.15) is 74.1 Å². The molecule has 6 atom stereocenters. The maximum absolute atomic E-state index is 11.5. The summed E-state index contributed by atoms with van der Waals surface area (Å²) < 4.78 is 35.6. The van der Waals surface area contributed by atoms with Crippen LogP contribution in [0.4, 0.5) is 0 Å². The van der Waals surface area contributed by atoms with Gasteiger partial charge in [0.2, 0.25) is 23.3 Å². The highest BCUT2D eigenvalue weighted by Gasteiger charge is 2.53. The molecule has 0 aromatic heterocycles. The van der Waals surface area contributed by atoms with Crippen LogP contribution in [0, 0.1) is 0 Å². The molecule has 1 rings (SSSR count). The summed E-state index contributed by atoms with van der Waals surface area (Å²) in [5.74, 6) is -5.13. The highest BCUT2D eigenvalue weighted by molar-refractivity contribution is 5.80. The summed E-state index contributed by atoms with van der Waals surface area (Å²) in [4.78, 5) is 22.5. The van der Waals surface area contributed by atoms with Gasteiger partial charge in [-0.1, -0.05) is 42.0 Å². The van der Waals surface area contributed by atoms with Crippen molar-refractivity contribution in [2.45, 2.75) is 122 Å². The van der Waals surface area contributed by atoms with Gasteiger partial charge in [-0.15, -0.1) is 0 Å². The zero-order chi connectivity index (χ0) is 38.7. The van der Waals surface area contributed by atoms with E-state index in [9.17, 15) is 30.0 Å². The van der Waals surface area contributed by atoms with Crippen LogP contribution >= 0.6 is 0 Å². The maximum Gasteiger partial charge on any atom is 0.306 e. The zero-order valence-corrected chi connectivity index (χ0v) is 30.6. The number of hydrogen-bond donors (Lipinski definition) is 9. The van der Waals surface area contributed by atoms with Crippen LogP contribution < -0.4 is 5.32 Å². The van der Waals surface area contributed by atoms with Gasteiger partial charge in [0.15, 0.2) is 0 Å². The lowest BCUT2D eigenvalue weighted by Gasteiger charge is -2.32. The number of carbonyl (C=O) groups excluding carboxylic acids is 2. The fourth-order valence-electron chi connectivity index (χ4n) is 3.84. The Labute approximate surface area is 297 Å². The van der Waals surface area contributed by atoms with E-state index < -0.39 is 86.9 Å². The van der Waals surface area contributed by atoms with Gasteiger partial charge in [-0.2, -0.15) is 0 Å². The summed E-state index contributed by atoms with van der Waals surface area (Å²) in [6, 6.07) is 0. The van der Waals surface area contributed by atoms with Crippen molar-refractivity contribution in [3.05, 3.63) is 0 Å². The summed E-state index contributed by atoms with van der Waals surface area (Å²) in [5, 5.41) is 75.5. The van der Waals surface area contributed by atoms with Gasteiger partial charge in [-0.3, -0.25) is 9.59 Å². The van der Waals surface area contributed by atoms with E-state index in [-0.39, 0.29) is 39.4 Å². The molecule has 0 saturated carbocycles. The van der Waals surface area contributed by atoms with Crippen LogP contribution in [-0.2, 0) is 42.7 Å². The molecule has 304 valence electrons. The topological polar surface area (TPSA) is 273 Å². The van der Waals surface area contributed by atoms with E-state index in [0.29, 0.717) is 19.3 Å². The first kappa shape index (κ1) is 55.1. The molecule has 1 fully saturated rings. The Morgan fingerprint density at radius 3 is 1.56 bits per heavy atom. The van der Waals surface area contributed by atoms with Crippen molar-refractivity contribution in [2.24, 2.45) is 0 Å². The van der Waals surface area contributed by atoms with Crippen molar-refractivity contribution in [3.63, 3.8) is 0 Å². The Balaban J connectivity index is -0.000000319. The van der Waals surface area contributed by atoms with Gasteiger partial charge in [0.25, 0.3) is 0 Å². The third kappa shape index (κ3) is 18.7. The van der Waals surface area contributed by atoms with Crippen LogP contribution in [0.15, 0.2) is 0 Å². The summed E-state index contributed by atoms with van der Waals surface area (Å²) in [7, 11) is 5.44. The first-order valence-electron chi connectivity index (χ1n) is 16.3. The summed E-state index contributed by atoms with van der Waals surface area (Å²) >= 11 is 0. The van der Waals surface area contributed by atoms with Crippen LogP contribution in [0.2, 0.25) is 0 Å². The molecular weight excluding hydrogens is 670 g/mol. The number of carbonyl (C=O) groups is 2. The lowest BCUT2D eigenvalue weighted by atomic mass is 10.0. The Hall–Kier alpha value is -1.62. The van der Waals surface area contributed by atoms with Crippen molar-refractivity contribution in [1.29, 1.82) is 0 Å². The molecule has 18 nitrogen and oxygen atoms in total. The van der Waals surface area contributed by atoms with Crippen LogP contribution in [0.25, 0.3) is 0 Å². The standard InChI is InChI=1S/C13H25NO7.C8H16O5.C8H18O5.C2H6.CH4/c1-4-10(21-13(8-15,9-16)19-3)7-20-12(18)6-5-11(17)14-2;1-3-5-6(10)7(11)8(4-9,12-2)13-5;1-3-7(4-9)13-8(5-10,6-11)12-2;1-2;/h10,15-16H,4-9H2,1-3H3,(H,14,17);5-7,9-11H,3-4H2,1-2H3;7,9-11H,3-6H2,1-2H3;1-2H3;1H4/t10-;5-,6-,7-,8-;7-;;/m111../s1. The number of esters is 1. The molecule has 0 spiro atoms. The number of aliphatic hydroxyl groups is 8. The lowest BCUT2D eigenvalue weighted by molar-refractivity contribution is -0.282. The van der Waals surface area contributed by atoms with E-state index in [1.807, 2.05) is 27.7 Å². The van der Waals surface area contributed by atoms with E-state index in [1.165, 1.54) is 28.4 Å². The molecule has 0 aliphatic carbocycles. The first-order chi connectivity index (χ1) is 23.2. The molecule has 0 aromatic carbocycles. The molecule has 1 amide bonds. The predicted octanol–water partition coefficient (Wildman–Crippen LogP) is -1.21. The number of amides is 1. The second-order valence-corrected chi connectivity index (χ2v) is 10.4. The molecule has 0 bridgehead atoms. The average Bonchev–Trinajstić information content (AvgIpc) is 3.41. The van der Waals surface area contributed by atoms with Crippen molar-refractivity contribution < 1.29 is 83.6 Å². The number of aliphatic hydroxyl groups excluding tert-OH is 8. The van der Waals surface area contributed by atoms with Crippen LogP contribution in [0.3, 0.4) is 0 Å². The second kappa shape index (κ2) is 31.0. The molecule has 9 N–H and O–H groups in total. The van der Waals surface area contributed by atoms with Gasteiger partial charge in [0.05, 0.1) is 57.8 Å². The van der Waals surface area contributed by atoms with Crippen molar-refractivity contribution in [1.82, 2.24) is 5.32 Å². The average molecular weight is 740 g/mol. The lowest BCUT2D eigenvalue weighted by Crippen LogP contribution is -2.47. The Kier molecular flexibility index (Phi) is 34.1. The van der Waals surface area contributed by atoms with E-state index in [0.717, 1.165) is 0 Å². The molecular formula is C32H69NO17. The molecule has 50 heavy (non-hydrogen) atoms. The molecule has 18 heteroatoms. The molecule has 0 aromatic rings. The minimum absolute atomic E-state index is 0. The van der Waals surface area contributed by atoms with E-state index in [4.69, 9.17) is 53.6 Å². The number of ether oxygens (including phenoxy) is 7. The summed E-state index contributed by atoms with van der Waals surface area (Å²) in [6.45, 7) is 6.82. The SMILES string of the molecule is C.CC.CC[C@H](CO)OC(CO)(CO)OC.CC[C@H](COC(=O)CCC(=O)NC)OC(CO)(CO)OC.CC[C@H]1O[C@@](CO)(OC)[C@H](O)[C@@H]1O. The minimum Gasteiger partial charge on any atom is -0.463 e. The first-order valence-corrected chi connectivity index (χ1v) is 16.3. The quantitative estimate of drug-likeness (QED) is 0.0494. The molecule has 0 radical (unpaired) electrons. The number of nitrogens with one attached hydrogen (secondary N) is 1. The van der Waals surface area contributed by atoms with Crippen molar-refractivity contribution in [2.75, 3.05) is 74.6 Å². The van der Waals surface area contributed by atoms with E-state index in [2.05, 4.69) is 5.32 Å². The van der Waals surface area contributed by atoms with Crippen molar-refractivity contribution >= 4 is 11.9 Å². The van der Waals surface area contributed by atoms with Gasteiger partial charge in [-0.25, -0.2) is 0 Å². The molecule has 1 saturated heterocycles. The molecule has 0 unspecified atom stereocenters. The van der Waals surface area contributed by atoms with Crippen molar-refractivity contribution in [3.8, 4) is 0 Å². The predicted molar refractivity (Wildman–Crippen MR) is 182 cm³/mol. The van der Waals surface area contributed by atoms with Gasteiger partial charge in [0.1, 0.15) is 25.4 Å². The van der Waals surface area contributed by atoms with Gasteiger partial charge < -0.3 is 79.3 Å². The van der Waals surface area contributed by atoms with Gasteiger partial charge >= 0.3 is 5.97 Å². The summed E-state index contributed by atoms with van der Waals surface area (Å²) in [6.07, 6.45) is -1.98. The monoisotopic (exact) mass is 739 g/mol. The number of methoxy groups -OCH3 is 3. The normalized spacial score (nSPS) is 21.1. The number of rotatable bonds is 21. The molecule has 1 aliphatic rings. The summed E-state index contributed by atoms with van der Waals surface area (Å²) in [5.41, 5.74) is 0. The maximum atomic E-state index is 11.5. The van der Waals surface area contributed by atoms with Gasteiger partial charge in [-0.05, 0) is 19.3 Å². The molecule has 1 heterocycles. The fraction of sp³-hybridized carbons (Fsp3) is 0.938. The third-order valence-corrected chi connectivity index (χ3v) is 7.32. The fourth-order valence-corrected chi connectivity index (χ4v) is 3.84. The smallest absolute Gasteiger partial charge is 0.306 e. The highest BCUT2D eigenvalue weighted by atomic mass is 16.7. The van der Waals surface area contributed by atoms with Crippen LogP contribution in [0.5, 0.6) is 0 Å². The minimum atomic E-state index is -1.52. The Bertz CT molecular complexity index is 789. The second-order valence-electron chi connectivity index (χ2n) is 10.4.